The number of nitrogens with one attached hydrogen (secondary N) is 1. The normalized spacial score (nSPS) is 18.1. The van der Waals surface area contributed by atoms with Gasteiger partial charge < -0.3 is 10.1 Å². The van der Waals surface area contributed by atoms with E-state index in [0.717, 1.165) is 25.8 Å². The van der Waals surface area contributed by atoms with E-state index in [1.54, 1.807) is 6.92 Å². The third kappa shape index (κ3) is 6.22. The number of esters is 1. The minimum atomic E-state index is -3.41. The van der Waals surface area contributed by atoms with Gasteiger partial charge in [0.05, 0.1) is 12.4 Å². The number of sulfone groups is 1. The van der Waals surface area contributed by atoms with Crippen molar-refractivity contribution in [3.8, 4) is 0 Å². The SMILES string of the molecule is CCCNC(CS(=O)(=O)CC(=O)OCC)C1CCCC1. The standard InChI is InChI=1S/C14H27NO4S/c1-3-9-15-13(12-7-5-6-8-12)10-20(17,18)11-14(16)19-4-2/h12-13,15H,3-11H2,1-2H3. The molecular weight excluding hydrogens is 278 g/mol. The molecule has 1 aliphatic rings. The maximum atomic E-state index is 12.1. The first kappa shape index (κ1) is 17.4. The smallest absolute Gasteiger partial charge is 0.321 e. The largest absolute Gasteiger partial charge is 0.465 e. The van der Waals surface area contributed by atoms with Crippen LogP contribution in [0.3, 0.4) is 0 Å². The molecule has 0 radical (unpaired) electrons. The molecular formula is C14H27NO4S. The van der Waals surface area contributed by atoms with Crippen molar-refractivity contribution in [3.63, 3.8) is 0 Å². The second-order valence-electron chi connectivity index (χ2n) is 5.46. The Hall–Kier alpha value is -0.620. The van der Waals surface area contributed by atoms with Crippen LogP contribution in [0.1, 0.15) is 46.0 Å². The quantitative estimate of drug-likeness (QED) is 0.654. The van der Waals surface area contributed by atoms with Gasteiger partial charge in [-0.15, -0.1) is 0 Å². The Morgan fingerprint density at radius 2 is 1.95 bits per heavy atom. The van der Waals surface area contributed by atoms with Crippen LogP contribution < -0.4 is 5.32 Å². The van der Waals surface area contributed by atoms with Crippen LogP contribution in [-0.2, 0) is 19.4 Å². The van der Waals surface area contributed by atoms with Crippen molar-refractivity contribution in [1.82, 2.24) is 5.32 Å². The van der Waals surface area contributed by atoms with Crippen molar-refractivity contribution in [2.75, 3.05) is 24.7 Å². The second-order valence-corrected chi connectivity index (χ2v) is 7.57. The van der Waals surface area contributed by atoms with Crippen molar-refractivity contribution in [2.45, 2.75) is 52.0 Å². The highest BCUT2D eigenvalue weighted by molar-refractivity contribution is 7.92. The van der Waals surface area contributed by atoms with Gasteiger partial charge in [0.2, 0.25) is 0 Å². The van der Waals surface area contributed by atoms with Gasteiger partial charge in [-0.2, -0.15) is 0 Å². The lowest BCUT2D eigenvalue weighted by Gasteiger charge is -2.24. The van der Waals surface area contributed by atoms with Crippen molar-refractivity contribution in [1.29, 1.82) is 0 Å². The Morgan fingerprint density at radius 3 is 2.50 bits per heavy atom. The summed E-state index contributed by atoms with van der Waals surface area (Å²) < 4.78 is 28.9. The fraction of sp³-hybridized carbons (Fsp3) is 0.929. The summed E-state index contributed by atoms with van der Waals surface area (Å²) in [6, 6.07) is -0.0307. The molecule has 1 atom stereocenters. The third-order valence-electron chi connectivity index (χ3n) is 3.70. The lowest BCUT2D eigenvalue weighted by Crippen LogP contribution is -2.42. The number of carbonyl (C=O) groups is 1. The average molecular weight is 305 g/mol. The summed E-state index contributed by atoms with van der Waals surface area (Å²) in [5.74, 6) is -0.694. The van der Waals surface area contributed by atoms with Crippen LogP contribution in [-0.4, -0.2) is 45.1 Å². The number of hydrogen-bond acceptors (Lipinski definition) is 5. The summed E-state index contributed by atoms with van der Waals surface area (Å²) in [5.41, 5.74) is 0. The van der Waals surface area contributed by atoms with E-state index in [1.165, 1.54) is 12.8 Å². The second kappa shape index (κ2) is 8.62. The summed E-state index contributed by atoms with van der Waals surface area (Å²) in [5, 5.41) is 3.34. The molecule has 0 spiro atoms. The molecule has 6 heteroatoms. The molecule has 5 nitrogen and oxygen atoms in total. The van der Waals surface area contributed by atoms with Gasteiger partial charge in [-0.25, -0.2) is 8.42 Å². The summed E-state index contributed by atoms with van der Waals surface area (Å²) in [6.45, 7) is 4.77. The molecule has 1 saturated carbocycles. The van der Waals surface area contributed by atoms with Crippen LogP contribution in [0.15, 0.2) is 0 Å². The Labute approximate surface area is 122 Å². The topological polar surface area (TPSA) is 72.5 Å². The molecule has 20 heavy (non-hydrogen) atoms. The molecule has 0 aliphatic heterocycles. The van der Waals surface area contributed by atoms with E-state index < -0.39 is 21.6 Å². The van der Waals surface area contributed by atoms with Crippen LogP contribution in [0.4, 0.5) is 0 Å². The van der Waals surface area contributed by atoms with Crippen LogP contribution >= 0.6 is 0 Å². The molecule has 0 bridgehead atoms. The van der Waals surface area contributed by atoms with Crippen LogP contribution in [0, 0.1) is 5.92 Å². The zero-order valence-corrected chi connectivity index (χ0v) is 13.4. The summed E-state index contributed by atoms with van der Waals surface area (Å²) in [4.78, 5) is 11.4. The van der Waals surface area contributed by atoms with Crippen LogP contribution in [0.2, 0.25) is 0 Å². The number of hydrogen-bond donors (Lipinski definition) is 1. The first-order valence-corrected chi connectivity index (χ1v) is 9.40. The molecule has 1 unspecified atom stereocenters. The van der Waals surface area contributed by atoms with Gasteiger partial charge in [0, 0.05) is 6.04 Å². The van der Waals surface area contributed by atoms with Crippen molar-refractivity contribution in [2.24, 2.45) is 5.92 Å². The molecule has 0 aromatic rings. The molecule has 1 N–H and O–H groups in total. The van der Waals surface area contributed by atoms with E-state index in [0.29, 0.717) is 5.92 Å². The van der Waals surface area contributed by atoms with Gasteiger partial charge in [0.1, 0.15) is 5.75 Å². The van der Waals surface area contributed by atoms with Gasteiger partial charge >= 0.3 is 5.97 Å². The zero-order valence-electron chi connectivity index (χ0n) is 12.6. The fourth-order valence-electron chi connectivity index (χ4n) is 2.77. The average Bonchev–Trinajstić information content (AvgIpc) is 2.87. The predicted octanol–water partition coefficient (Wildman–Crippen LogP) is 1.52. The highest BCUT2D eigenvalue weighted by Gasteiger charge is 2.30. The Kier molecular flexibility index (Phi) is 7.51. The van der Waals surface area contributed by atoms with E-state index in [9.17, 15) is 13.2 Å². The molecule has 0 aromatic carbocycles. The third-order valence-corrected chi connectivity index (χ3v) is 5.24. The maximum Gasteiger partial charge on any atom is 0.321 e. The van der Waals surface area contributed by atoms with Gasteiger partial charge in [-0.05, 0) is 38.6 Å². The van der Waals surface area contributed by atoms with Crippen LogP contribution in [0.5, 0.6) is 0 Å². The van der Waals surface area contributed by atoms with Crippen LogP contribution in [0.25, 0.3) is 0 Å². The first-order chi connectivity index (χ1) is 9.48. The van der Waals surface area contributed by atoms with E-state index in [-0.39, 0.29) is 18.4 Å². The molecule has 0 saturated heterocycles. The monoisotopic (exact) mass is 305 g/mol. The predicted molar refractivity (Wildman–Crippen MR) is 79.3 cm³/mol. The fourth-order valence-corrected chi connectivity index (χ4v) is 4.26. The molecule has 118 valence electrons. The van der Waals surface area contributed by atoms with Crippen molar-refractivity contribution in [3.05, 3.63) is 0 Å². The Bertz CT molecular complexity index is 388. The Morgan fingerprint density at radius 1 is 1.30 bits per heavy atom. The summed E-state index contributed by atoms with van der Waals surface area (Å²) in [7, 11) is -3.41. The van der Waals surface area contributed by atoms with E-state index in [4.69, 9.17) is 4.74 Å². The number of carbonyl (C=O) groups excluding carboxylic acids is 1. The highest BCUT2D eigenvalue weighted by Crippen LogP contribution is 2.28. The number of rotatable bonds is 9. The molecule has 0 heterocycles. The molecule has 1 fully saturated rings. The Balaban J connectivity index is 2.59. The van der Waals surface area contributed by atoms with E-state index >= 15 is 0 Å². The minimum Gasteiger partial charge on any atom is -0.465 e. The van der Waals surface area contributed by atoms with E-state index in [2.05, 4.69) is 12.2 Å². The van der Waals surface area contributed by atoms with E-state index in [1.807, 2.05) is 0 Å². The first-order valence-electron chi connectivity index (χ1n) is 7.58. The van der Waals surface area contributed by atoms with Gasteiger partial charge in [0.15, 0.2) is 9.84 Å². The minimum absolute atomic E-state index is 0.0307. The van der Waals surface area contributed by atoms with Crippen molar-refractivity contribution < 1.29 is 17.9 Å². The molecule has 0 amide bonds. The summed E-state index contributed by atoms with van der Waals surface area (Å²) >= 11 is 0. The zero-order chi connectivity index (χ0) is 15.0. The molecule has 0 aromatic heterocycles. The maximum absolute atomic E-state index is 12.1. The van der Waals surface area contributed by atoms with Gasteiger partial charge in [0.25, 0.3) is 0 Å². The summed E-state index contributed by atoms with van der Waals surface area (Å²) in [6.07, 6.45) is 5.48. The highest BCUT2D eigenvalue weighted by atomic mass is 32.2. The van der Waals surface area contributed by atoms with Crippen molar-refractivity contribution >= 4 is 15.8 Å². The molecule has 1 aliphatic carbocycles. The lowest BCUT2D eigenvalue weighted by molar-refractivity contribution is -0.139. The number of ether oxygens (including phenoxy) is 1. The van der Waals surface area contributed by atoms with Gasteiger partial charge in [-0.3, -0.25) is 4.79 Å². The van der Waals surface area contributed by atoms with Gasteiger partial charge in [-0.1, -0.05) is 19.8 Å². The lowest BCUT2D eigenvalue weighted by atomic mass is 10.00. The molecule has 1 rings (SSSR count).